The van der Waals surface area contributed by atoms with E-state index in [-0.39, 0.29) is 6.04 Å². The highest BCUT2D eigenvalue weighted by molar-refractivity contribution is 6.32. The molecule has 106 valence electrons. The smallest absolute Gasteiger partial charge is 0.139 e. The van der Waals surface area contributed by atoms with E-state index in [4.69, 9.17) is 16.3 Å². The van der Waals surface area contributed by atoms with Crippen LogP contribution >= 0.6 is 11.6 Å². The second-order valence-electron chi connectivity index (χ2n) is 4.38. The van der Waals surface area contributed by atoms with Gasteiger partial charge in [-0.25, -0.2) is 8.78 Å². The van der Waals surface area contributed by atoms with Gasteiger partial charge in [0, 0.05) is 23.4 Å². The molecule has 0 saturated heterocycles. The second-order valence-corrected chi connectivity index (χ2v) is 4.79. The molecule has 5 heteroatoms. The Morgan fingerprint density at radius 2 is 1.90 bits per heavy atom. The number of benzene rings is 2. The molecule has 2 rings (SSSR count). The lowest BCUT2D eigenvalue weighted by atomic mass is 10.1. The summed E-state index contributed by atoms with van der Waals surface area (Å²) in [5.41, 5.74) is 1.13. The lowest BCUT2D eigenvalue weighted by molar-refractivity contribution is 0.415. The number of rotatable bonds is 4. The van der Waals surface area contributed by atoms with Crippen LogP contribution in [-0.2, 0) is 0 Å². The molecule has 0 aliphatic carbocycles. The first-order chi connectivity index (χ1) is 9.51. The number of nitrogens with one attached hydrogen (secondary N) is 1. The lowest BCUT2D eigenvalue weighted by Crippen LogP contribution is -2.09. The Morgan fingerprint density at radius 1 is 1.15 bits per heavy atom. The average molecular weight is 298 g/mol. The van der Waals surface area contributed by atoms with E-state index in [2.05, 4.69) is 5.32 Å². The quantitative estimate of drug-likeness (QED) is 0.875. The third-order valence-corrected chi connectivity index (χ3v) is 3.28. The zero-order chi connectivity index (χ0) is 14.7. The zero-order valence-electron chi connectivity index (χ0n) is 11.1. The fourth-order valence-electron chi connectivity index (χ4n) is 1.93. The third kappa shape index (κ3) is 3.20. The first kappa shape index (κ1) is 14.6. The highest BCUT2D eigenvalue weighted by Crippen LogP contribution is 2.29. The van der Waals surface area contributed by atoms with Crippen LogP contribution in [0.2, 0.25) is 5.02 Å². The standard InChI is InChI=1S/C15H14ClF2NO/c1-9(12-5-3-10(17)7-14(12)18)19-11-4-6-13(16)15(8-11)20-2/h3-9,19H,1-2H3. The molecule has 2 aromatic carbocycles. The van der Waals surface area contributed by atoms with Crippen molar-refractivity contribution in [3.8, 4) is 5.75 Å². The fraction of sp³-hybridized carbons (Fsp3) is 0.200. The number of anilines is 1. The highest BCUT2D eigenvalue weighted by atomic mass is 35.5. The average Bonchev–Trinajstić information content (AvgIpc) is 2.40. The molecule has 0 fully saturated rings. The highest BCUT2D eigenvalue weighted by Gasteiger charge is 2.12. The minimum atomic E-state index is -0.591. The molecule has 0 aromatic heterocycles. The number of methoxy groups -OCH3 is 1. The number of ether oxygens (including phenoxy) is 1. The zero-order valence-corrected chi connectivity index (χ0v) is 11.8. The van der Waals surface area contributed by atoms with Crippen molar-refractivity contribution in [1.29, 1.82) is 0 Å². The molecular formula is C15H14ClF2NO. The minimum Gasteiger partial charge on any atom is -0.495 e. The summed E-state index contributed by atoms with van der Waals surface area (Å²) in [6, 6.07) is 8.39. The van der Waals surface area contributed by atoms with Gasteiger partial charge in [0.25, 0.3) is 0 Å². The maximum Gasteiger partial charge on any atom is 0.139 e. The summed E-state index contributed by atoms with van der Waals surface area (Å²) in [4.78, 5) is 0. The summed E-state index contributed by atoms with van der Waals surface area (Å²) in [5, 5.41) is 3.62. The summed E-state index contributed by atoms with van der Waals surface area (Å²) in [7, 11) is 1.52. The predicted octanol–water partition coefficient (Wildman–Crippen LogP) is 4.80. The normalized spacial score (nSPS) is 12.1. The molecule has 0 saturated carbocycles. The molecule has 20 heavy (non-hydrogen) atoms. The van der Waals surface area contributed by atoms with Crippen LogP contribution in [0.1, 0.15) is 18.5 Å². The minimum absolute atomic E-state index is 0.318. The van der Waals surface area contributed by atoms with E-state index >= 15 is 0 Å². The topological polar surface area (TPSA) is 21.3 Å². The van der Waals surface area contributed by atoms with Crippen molar-refractivity contribution in [2.24, 2.45) is 0 Å². The van der Waals surface area contributed by atoms with Crippen LogP contribution in [-0.4, -0.2) is 7.11 Å². The van der Waals surface area contributed by atoms with Crippen LogP contribution in [0.5, 0.6) is 5.75 Å². The van der Waals surface area contributed by atoms with Crippen LogP contribution in [0.15, 0.2) is 36.4 Å². The van der Waals surface area contributed by atoms with Gasteiger partial charge < -0.3 is 10.1 Å². The van der Waals surface area contributed by atoms with E-state index in [1.54, 1.807) is 25.1 Å². The molecule has 1 unspecified atom stereocenters. The Hall–Kier alpha value is -1.81. The van der Waals surface area contributed by atoms with Crippen LogP contribution in [0.25, 0.3) is 0 Å². The van der Waals surface area contributed by atoms with E-state index in [0.717, 1.165) is 11.8 Å². The van der Waals surface area contributed by atoms with Crippen LogP contribution in [0, 0.1) is 11.6 Å². The summed E-state index contributed by atoms with van der Waals surface area (Å²) in [6.07, 6.45) is 0. The number of halogens is 3. The summed E-state index contributed by atoms with van der Waals surface area (Å²) in [5.74, 6) is -0.638. The Morgan fingerprint density at radius 3 is 2.55 bits per heavy atom. The van der Waals surface area contributed by atoms with Gasteiger partial charge in [0.2, 0.25) is 0 Å². The molecular weight excluding hydrogens is 284 g/mol. The SMILES string of the molecule is COc1cc(NC(C)c2ccc(F)cc2F)ccc1Cl. The van der Waals surface area contributed by atoms with Crippen molar-refractivity contribution in [3.63, 3.8) is 0 Å². The van der Waals surface area contributed by atoms with Crippen molar-refractivity contribution >= 4 is 17.3 Å². The lowest BCUT2D eigenvalue weighted by Gasteiger charge is -2.17. The van der Waals surface area contributed by atoms with Gasteiger partial charge >= 0.3 is 0 Å². The molecule has 1 atom stereocenters. The van der Waals surface area contributed by atoms with E-state index in [1.807, 2.05) is 0 Å². The first-order valence-corrected chi connectivity index (χ1v) is 6.44. The van der Waals surface area contributed by atoms with E-state index in [9.17, 15) is 8.78 Å². The molecule has 0 radical (unpaired) electrons. The van der Waals surface area contributed by atoms with Gasteiger partial charge in [-0.1, -0.05) is 17.7 Å². The molecule has 0 spiro atoms. The third-order valence-electron chi connectivity index (χ3n) is 2.96. The predicted molar refractivity (Wildman–Crippen MR) is 76.4 cm³/mol. The Labute approximate surface area is 121 Å². The second kappa shape index (κ2) is 6.09. The largest absolute Gasteiger partial charge is 0.495 e. The molecule has 0 aliphatic heterocycles. The van der Waals surface area contributed by atoms with Crippen molar-refractivity contribution < 1.29 is 13.5 Å². The number of hydrogen-bond donors (Lipinski definition) is 1. The van der Waals surface area contributed by atoms with E-state index < -0.39 is 11.6 Å². The summed E-state index contributed by atoms with van der Waals surface area (Å²) >= 11 is 5.94. The van der Waals surface area contributed by atoms with E-state index in [0.29, 0.717) is 16.3 Å². The van der Waals surface area contributed by atoms with Crippen molar-refractivity contribution in [1.82, 2.24) is 0 Å². The molecule has 0 amide bonds. The Kier molecular flexibility index (Phi) is 4.45. The van der Waals surface area contributed by atoms with Crippen LogP contribution < -0.4 is 10.1 Å². The van der Waals surface area contributed by atoms with E-state index in [1.165, 1.54) is 19.2 Å². The van der Waals surface area contributed by atoms with Gasteiger partial charge in [0.1, 0.15) is 17.4 Å². The molecule has 0 bridgehead atoms. The summed E-state index contributed by atoms with van der Waals surface area (Å²) < 4.78 is 31.7. The Balaban J connectivity index is 2.21. The van der Waals surface area contributed by atoms with Gasteiger partial charge in [0.05, 0.1) is 18.2 Å². The first-order valence-electron chi connectivity index (χ1n) is 6.06. The fourth-order valence-corrected chi connectivity index (χ4v) is 2.12. The van der Waals surface area contributed by atoms with Gasteiger partial charge in [0.15, 0.2) is 0 Å². The maximum atomic E-state index is 13.7. The van der Waals surface area contributed by atoms with Crippen LogP contribution in [0.3, 0.4) is 0 Å². The van der Waals surface area contributed by atoms with Gasteiger partial charge in [-0.15, -0.1) is 0 Å². The summed E-state index contributed by atoms with van der Waals surface area (Å²) in [6.45, 7) is 1.79. The Bertz CT molecular complexity index is 619. The molecule has 1 N–H and O–H groups in total. The van der Waals surface area contributed by atoms with Crippen molar-refractivity contribution in [3.05, 3.63) is 58.6 Å². The molecule has 2 nitrogen and oxygen atoms in total. The van der Waals surface area contributed by atoms with Gasteiger partial charge in [-0.2, -0.15) is 0 Å². The van der Waals surface area contributed by atoms with Crippen molar-refractivity contribution in [2.45, 2.75) is 13.0 Å². The van der Waals surface area contributed by atoms with Gasteiger partial charge in [-0.3, -0.25) is 0 Å². The van der Waals surface area contributed by atoms with Gasteiger partial charge in [-0.05, 0) is 25.1 Å². The molecule has 0 heterocycles. The van der Waals surface area contributed by atoms with Crippen LogP contribution in [0.4, 0.5) is 14.5 Å². The van der Waals surface area contributed by atoms with Crippen molar-refractivity contribution in [2.75, 3.05) is 12.4 Å². The maximum absolute atomic E-state index is 13.7. The molecule has 2 aromatic rings. The monoisotopic (exact) mass is 297 g/mol. The number of hydrogen-bond acceptors (Lipinski definition) is 2. The molecule has 0 aliphatic rings.